The summed E-state index contributed by atoms with van der Waals surface area (Å²) >= 11 is 6.17. The van der Waals surface area contributed by atoms with E-state index in [1.165, 1.54) is 12.8 Å². The van der Waals surface area contributed by atoms with Gasteiger partial charge in [-0.3, -0.25) is 4.57 Å². The lowest BCUT2D eigenvalue weighted by molar-refractivity contribution is 0.614. The van der Waals surface area contributed by atoms with Gasteiger partial charge in [-0.25, -0.2) is 4.79 Å². The van der Waals surface area contributed by atoms with Gasteiger partial charge in [-0.15, -0.1) is 0 Å². The van der Waals surface area contributed by atoms with Gasteiger partial charge in [-0.05, 0) is 37.0 Å². The minimum atomic E-state index is -0.180. The molecular formula is C18H15ClN2O. The van der Waals surface area contributed by atoms with Crippen molar-refractivity contribution < 1.29 is 0 Å². The molecule has 0 aliphatic heterocycles. The molecule has 1 heterocycles. The van der Waals surface area contributed by atoms with Crippen LogP contribution in [0, 0.1) is 5.92 Å². The summed E-state index contributed by atoms with van der Waals surface area (Å²) in [5, 5.41) is 1.59. The lowest BCUT2D eigenvalue weighted by Gasteiger charge is -2.12. The van der Waals surface area contributed by atoms with Crippen LogP contribution in [0.15, 0.2) is 53.3 Å². The Hall–Kier alpha value is -2.13. The molecule has 0 radical (unpaired) electrons. The zero-order chi connectivity index (χ0) is 15.1. The quantitative estimate of drug-likeness (QED) is 0.729. The van der Waals surface area contributed by atoms with Crippen LogP contribution in [0.1, 0.15) is 12.8 Å². The zero-order valence-corrected chi connectivity index (χ0v) is 12.8. The van der Waals surface area contributed by atoms with Gasteiger partial charge in [-0.2, -0.15) is 4.98 Å². The first-order valence-corrected chi connectivity index (χ1v) is 7.86. The third-order valence-corrected chi connectivity index (χ3v) is 4.36. The van der Waals surface area contributed by atoms with Crippen molar-refractivity contribution in [1.29, 1.82) is 0 Å². The molecule has 1 aromatic heterocycles. The summed E-state index contributed by atoms with van der Waals surface area (Å²) in [6, 6.07) is 15.4. The van der Waals surface area contributed by atoms with Gasteiger partial charge in [0, 0.05) is 22.5 Å². The molecule has 2 aromatic carbocycles. The van der Waals surface area contributed by atoms with Gasteiger partial charge in [0.1, 0.15) is 0 Å². The van der Waals surface area contributed by atoms with Gasteiger partial charge in [0.2, 0.25) is 0 Å². The van der Waals surface area contributed by atoms with Crippen molar-refractivity contribution in [3.05, 3.63) is 64.0 Å². The highest BCUT2D eigenvalue weighted by molar-refractivity contribution is 6.31. The molecule has 1 aliphatic rings. The van der Waals surface area contributed by atoms with Crippen molar-refractivity contribution in [1.82, 2.24) is 9.55 Å². The van der Waals surface area contributed by atoms with Crippen molar-refractivity contribution >= 4 is 22.5 Å². The van der Waals surface area contributed by atoms with Gasteiger partial charge >= 0.3 is 5.69 Å². The number of aromatic nitrogens is 2. The number of halogens is 1. The number of hydrogen-bond acceptors (Lipinski definition) is 2. The molecule has 4 rings (SSSR count). The number of nitrogens with zero attached hydrogens (tertiary/aromatic N) is 2. The summed E-state index contributed by atoms with van der Waals surface area (Å²) in [5.41, 5.74) is 2.37. The Morgan fingerprint density at radius 3 is 2.64 bits per heavy atom. The van der Waals surface area contributed by atoms with Gasteiger partial charge in [-0.1, -0.05) is 41.9 Å². The smallest absolute Gasteiger partial charge is 0.292 e. The molecule has 110 valence electrons. The maximum absolute atomic E-state index is 12.5. The van der Waals surface area contributed by atoms with Gasteiger partial charge in [0.15, 0.2) is 0 Å². The molecular weight excluding hydrogens is 296 g/mol. The van der Waals surface area contributed by atoms with E-state index in [9.17, 15) is 4.79 Å². The molecule has 1 aliphatic carbocycles. The van der Waals surface area contributed by atoms with E-state index in [2.05, 4.69) is 4.98 Å². The molecule has 0 atom stereocenters. The van der Waals surface area contributed by atoms with Gasteiger partial charge < -0.3 is 0 Å². The van der Waals surface area contributed by atoms with Crippen LogP contribution in [-0.2, 0) is 6.54 Å². The highest BCUT2D eigenvalue weighted by Gasteiger charge is 2.24. The normalized spacial score (nSPS) is 14.4. The Morgan fingerprint density at radius 1 is 1.14 bits per heavy atom. The van der Waals surface area contributed by atoms with Crippen LogP contribution in [0.4, 0.5) is 0 Å². The average Bonchev–Trinajstić information content (AvgIpc) is 3.35. The Bertz CT molecular complexity index is 898. The predicted molar refractivity (Wildman–Crippen MR) is 89.2 cm³/mol. The third kappa shape index (κ3) is 2.42. The summed E-state index contributed by atoms with van der Waals surface area (Å²) in [6.07, 6.45) is 2.39. The average molecular weight is 311 g/mol. The van der Waals surface area contributed by atoms with Crippen molar-refractivity contribution in [2.24, 2.45) is 5.92 Å². The summed E-state index contributed by atoms with van der Waals surface area (Å²) in [4.78, 5) is 16.8. The highest BCUT2D eigenvalue weighted by Crippen LogP contribution is 2.33. The minimum Gasteiger partial charge on any atom is -0.292 e. The SMILES string of the molecule is O=c1nc(-c2ccccc2)c2cc(Cl)ccc2n1CC1CC1. The molecule has 3 aromatic rings. The molecule has 0 saturated heterocycles. The lowest BCUT2D eigenvalue weighted by Crippen LogP contribution is -2.24. The van der Waals surface area contributed by atoms with Crippen LogP contribution >= 0.6 is 11.6 Å². The molecule has 4 heteroatoms. The van der Waals surface area contributed by atoms with Gasteiger partial charge in [0.05, 0.1) is 11.2 Å². The summed E-state index contributed by atoms with van der Waals surface area (Å²) in [7, 11) is 0. The summed E-state index contributed by atoms with van der Waals surface area (Å²) in [5.74, 6) is 0.612. The fourth-order valence-electron chi connectivity index (χ4n) is 2.80. The summed E-state index contributed by atoms with van der Waals surface area (Å²) in [6.45, 7) is 0.749. The second kappa shape index (κ2) is 5.25. The second-order valence-electron chi connectivity index (χ2n) is 5.82. The van der Waals surface area contributed by atoms with Crippen LogP contribution < -0.4 is 5.69 Å². The molecule has 0 bridgehead atoms. The van der Waals surface area contributed by atoms with E-state index in [1.54, 1.807) is 4.57 Å². The number of fused-ring (bicyclic) bond motifs is 1. The fraction of sp³-hybridized carbons (Fsp3) is 0.222. The van der Waals surface area contributed by atoms with Crippen molar-refractivity contribution in [3.8, 4) is 11.3 Å². The summed E-state index contributed by atoms with van der Waals surface area (Å²) < 4.78 is 1.79. The molecule has 0 amide bonds. The number of rotatable bonds is 3. The molecule has 1 fully saturated rings. The van der Waals surface area contributed by atoms with E-state index in [0.717, 1.165) is 23.0 Å². The third-order valence-electron chi connectivity index (χ3n) is 4.13. The van der Waals surface area contributed by atoms with E-state index in [4.69, 9.17) is 11.6 Å². The van der Waals surface area contributed by atoms with Crippen LogP contribution in [0.5, 0.6) is 0 Å². The minimum absolute atomic E-state index is 0.180. The Morgan fingerprint density at radius 2 is 1.91 bits per heavy atom. The first-order chi connectivity index (χ1) is 10.7. The van der Waals surface area contributed by atoms with E-state index in [1.807, 2.05) is 48.5 Å². The van der Waals surface area contributed by atoms with Crippen LogP contribution in [-0.4, -0.2) is 9.55 Å². The van der Waals surface area contributed by atoms with Crippen LogP contribution in [0.25, 0.3) is 22.2 Å². The Kier molecular flexibility index (Phi) is 3.23. The molecule has 1 saturated carbocycles. The number of benzene rings is 2. The predicted octanol–water partition coefficient (Wildman–Crippen LogP) is 4.13. The maximum Gasteiger partial charge on any atom is 0.348 e. The van der Waals surface area contributed by atoms with E-state index in [0.29, 0.717) is 16.6 Å². The first-order valence-electron chi connectivity index (χ1n) is 7.48. The Balaban J connectivity index is 2.01. The maximum atomic E-state index is 12.5. The molecule has 3 nitrogen and oxygen atoms in total. The Labute approximate surface area is 133 Å². The number of hydrogen-bond donors (Lipinski definition) is 0. The molecule has 0 unspecified atom stereocenters. The van der Waals surface area contributed by atoms with E-state index in [-0.39, 0.29) is 5.69 Å². The van der Waals surface area contributed by atoms with Crippen LogP contribution in [0.2, 0.25) is 5.02 Å². The largest absolute Gasteiger partial charge is 0.348 e. The topological polar surface area (TPSA) is 34.9 Å². The van der Waals surface area contributed by atoms with Crippen molar-refractivity contribution in [3.63, 3.8) is 0 Å². The van der Waals surface area contributed by atoms with E-state index >= 15 is 0 Å². The van der Waals surface area contributed by atoms with E-state index < -0.39 is 0 Å². The standard InChI is InChI=1S/C18H15ClN2O/c19-14-8-9-16-15(10-14)17(13-4-2-1-3-5-13)20-18(22)21(16)11-12-6-7-12/h1-5,8-10,12H,6-7,11H2. The van der Waals surface area contributed by atoms with Crippen LogP contribution in [0.3, 0.4) is 0 Å². The monoisotopic (exact) mass is 310 g/mol. The fourth-order valence-corrected chi connectivity index (χ4v) is 2.98. The zero-order valence-electron chi connectivity index (χ0n) is 12.0. The molecule has 0 spiro atoms. The van der Waals surface area contributed by atoms with Gasteiger partial charge in [0.25, 0.3) is 0 Å². The highest BCUT2D eigenvalue weighted by atomic mass is 35.5. The second-order valence-corrected chi connectivity index (χ2v) is 6.26. The first kappa shape index (κ1) is 13.5. The molecule has 22 heavy (non-hydrogen) atoms. The molecule has 0 N–H and O–H groups in total. The lowest BCUT2D eigenvalue weighted by atomic mass is 10.1. The van der Waals surface area contributed by atoms with Crippen molar-refractivity contribution in [2.75, 3.05) is 0 Å². The van der Waals surface area contributed by atoms with Crippen molar-refractivity contribution in [2.45, 2.75) is 19.4 Å².